The van der Waals surface area contributed by atoms with E-state index in [1.807, 2.05) is 12.1 Å². The van der Waals surface area contributed by atoms with Gasteiger partial charge in [-0.3, -0.25) is 4.79 Å². The van der Waals surface area contributed by atoms with Crippen LogP contribution in [0.25, 0.3) is 0 Å². The molecule has 20 heavy (non-hydrogen) atoms. The summed E-state index contributed by atoms with van der Waals surface area (Å²) in [6, 6.07) is 8.75. The van der Waals surface area contributed by atoms with E-state index in [0.717, 1.165) is 5.56 Å². The minimum Gasteiger partial charge on any atom is -0.493 e. The Morgan fingerprint density at radius 1 is 1.20 bits per heavy atom. The van der Waals surface area contributed by atoms with Crippen molar-refractivity contribution in [3.63, 3.8) is 0 Å². The van der Waals surface area contributed by atoms with Crippen LogP contribution in [0.2, 0.25) is 0 Å². The zero-order valence-electron chi connectivity index (χ0n) is 11.1. The van der Waals surface area contributed by atoms with Crippen molar-refractivity contribution in [2.75, 3.05) is 14.2 Å². The van der Waals surface area contributed by atoms with Gasteiger partial charge in [-0.2, -0.15) is 0 Å². The predicted octanol–water partition coefficient (Wildman–Crippen LogP) is 2.99. The standard InChI is InChI=1S/C14H14BrNO4/c1-18-10-4-3-9(7-12(10)19-2)8-16-14(17)11-5-6-13(15)20-11/h3-7H,8H2,1-2H3,(H,16,17). The van der Waals surface area contributed by atoms with Gasteiger partial charge in [-0.05, 0) is 45.8 Å². The van der Waals surface area contributed by atoms with Crippen molar-refractivity contribution in [3.05, 3.63) is 46.3 Å². The normalized spacial score (nSPS) is 10.2. The molecule has 0 fully saturated rings. The average molecular weight is 340 g/mol. The first-order valence-corrected chi connectivity index (χ1v) is 6.67. The van der Waals surface area contributed by atoms with E-state index in [-0.39, 0.29) is 11.7 Å². The van der Waals surface area contributed by atoms with Crippen LogP contribution >= 0.6 is 15.9 Å². The van der Waals surface area contributed by atoms with Gasteiger partial charge < -0.3 is 19.2 Å². The molecule has 1 aromatic carbocycles. The molecule has 1 heterocycles. The molecule has 2 rings (SSSR count). The number of carbonyl (C=O) groups is 1. The second-order valence-corrected chi connectivity index (χ2v) is 4.76. The quantitative estimate of drug-likeness (QED) is 0.909. The lowest BCUT2D eigenvalue weighted by atomic mass is 10.2. The number of hydrogen-bond acceptors (Lipinski definition) is 4. The molecule has 0 aliphatic rings. The molecule has 0 spiro atoms. The molecule has 6 heteroatoms. The fourth-order valence-electron chi connectivity index (χ4n) is 1.70. The highest BCUT2D eigenvalue weighted by molar-refractivity contribution is 9.10. The molecule has 0 aliphatic carbocycles. The number of benzene rings is 1. The lowest BCUT2D eigenvalue weighted by molar-refractivity contribution is 0.0922. The molecule has 0 saturated carbocycles. The second kappa shape index (κ2) is 6.47. The molecule has 0 bridgehead atoms. The highest BCUT2D eigenvalue weighted by atomic mass is 79.9. The maximum atomic E-state index is 11.8. The molecule has 106 valence electrons. The lowest BCUT2D eigenvalue weighted by Gasteiger charge is -2.09. The SMILES string of the molecule is COc1ccc(CNC(=O)c2ccc(Br)o2)cc1OC. The van der Waals surface area contributed by atoms with Crippen molar-refractivity contribution < 1.29 is 18.7 Å². The van der Waals surface area contributed by atoms with E-state index in [1.165, 1.54) is 0 Å². The molecular weight excluding hydrogens is 326 g/mol. The zero-order chi connectivity index (χ0) is 14.5. The fourth-order valence-corrected chi connectivity index (χ4v) is 2.00. The molecule has 0 saturated heterocycles. The molecule has 5 nitrogen and oxygen atoms in total. The molecule has 0 atom stereocenters. The smallest absolute Gasteiger partial charge is 0.287 e. The third kappa shape index (κ3) is 3.33. The van der Waals surface area contributed by atoms with Crippen molar-refractivity contribution in [3.8, 4) is 11.5 Å². The largest absolute Gasteiger partial charge is 0.493 e. The third-order valence-corrected chi connectivity index (χ3v) is 3.12. The Hall–Kier alpha value is -1.95. The molecular formula is C14H14BrNO4. The highest BCUT2D eigenvalue weighted by Crippen LogP contribution is 2.27. The summed E-state index contributed by atoms with van der Waals surface area (Å²) in [6.45, 7) is 0.373. The lowest BCUT2D eigenvalue weighted by Crippen LogP contribution is -2.22. The fraction of sp³-hybridized carbons (Fsp3) is 0.214. The number of hydrogen-bond donors (Lipinski definition) is 1. The Balaban J connectivity index is 2.02. The van der Waals surface area contributed by atoms with E-state index in [1.54, 1.807) is 32.4 Å². The number of amides is 1. The Morgan fingerprint density at radius 3 is 2.55 bits per heavy atom. The van der Waals surface area contributed by atoms with Crippen LogP contribution in [0.4, 0.5) is 0 Å². The van der Waals surface area contributed by atoms with Gasteiger partial charge in [0.1, 0.15) is 0 Å². The van der Waals surface area contributed by atoms with Gasteiger partial charge in [0.15, 0.2) is 21.9 Å². The minimum atomic E-state index is -0.273. The van der Waals surface area contributed by atoms with E-state index < -0.39 is 0 Å². The van der Waals surface area contributed by atoms with Crippen LogP contribution in [0, 0.1) is 0 Å². The number of methoxy groups -OCH3 is 2. The summed E-state index contributed by atoms with van der Waals surface area (Å²) in [5, 5.41) is 2.77. The topological polar surface area (TPSA) is 60.7 Å². The van der Waals surface area contributed by atoms with Crippen LogP contribution in [-0.4, -0.2) is 20.1 Å². The van der Waals surface area contributed by atoms with Gasteiger partial charge in [0.25, 0.3) is 5.91 Å². The molecule has 2 aromatic rings. The van der Waals surface area contributed by atoms with E-state index in [9.17, 15) is 4.79 Å². The van der Waals surface area contributed by atoms with Crippen LogP contribution in [0.5, 0.6) is 11.5 Å². The maximum Gasteiger partial charge on any atom is 0.287 e. The maximum absolute atomic E-state index is 11.8. The molecule has 1 amide bonds. The summed E-state index contributed by atoms with van der Waals surface area (Å²) < 4.78 is 16.1. The van der Waals surface area contributed by atoms with E-state index in [0.29, 0.717) is 22.7 Å². The van der Waals surface area contributed by atoms with Gasteiger partial charge in [0.2, 0.25) is 0 Å². The number of carbonyl (C=O) groups excluding carboxylic acids is 1. The highest BCUT2D eigenvalue weighted by Gasteiger charge is 2.10. The van der Waals surface area contributed by atoms with E-state index in [2.05, 4.69) is 21.2 Å². The summed E-state index contributed by atoms with van der Waals surface area (Å²) in [7, 11) is 3.15. The molecule has 0 radical (unpaired) electrons. The summed E-state index contributed by atoms with van der Waals surface area (Å²) in [4.78, 5) is 11.8. The van der Waals surface area contributed by atoms with E-state index in [4.69, 9.17) is 13.9 Å². The number of furan rings is 1. The van der Waals surface area contributed by atoms with Crippen molar-refractivity contribution >= 4 is 21.8 Å². The Bertz CT molecular complexity index is 609. The number of nitrogens with one attached hydrogen (secondary N) is 1. The van der Waals surface area contributed by atoms with Crippen molar-refractivity contribution in [1.82, 2.24) is 5.32 Å². The van der Waals surface area contributed by atoms with Gasteiger partial charge in [0, 0.05) is 6.54 Å². The van der Waals surface area contributed by atoms with Crippen LogP contribution in [0.3, 0.4) is 0 Å². The first-order valence-electron chi connectivity index (χ1n) is 5.88. The summed E-state index contributed by atoms with van der Waals surface area (Å²) in [5.41, 5.74) is 0.904. The monoisotopic (exact) mass is 339 g/mol. The Kier molecular flexibility index (Phi) is 4.68. The third-order valence-electron chi connectivity index (χ3n) is 2.70. The van der Waals surface area contributed by atoms with Gasteiger partial charge in [0.05, 0.1) is 14.2 Å². The van der Waals surface area contributed by atoms with Crippen LogP contribution in [0.15, 0.2) is 39.4 Å². The first kappa shape index (κ1) is 14.5. The van der Waals surface area contributed by atoms with Gasteiger partial charge in [-0.15, -0.1) is 0 Å². The van der Waals surface area contributed by atoms with Crippen molar-refractivity contribution in [2.45, 2.75) is 6.54 Å². The first-order chi connectivity index (χ1) is 9.63. The van der Waals surface area contributed by atoms with Crippen molar-refractivity contribution in [1.29, 1.82) is 0 Å². The molecule has 1 N–H and O–H groups in total. The number of rotatable bonds is 5. The van der Waals surface area contributed by atoms with E-state index >= 15 is 0 Å². The Labute approximate surface area is 125 Å². The van der Waals surface area contributed by atoms with Crippen molar-refractivity contribution in [2.24, 2.45) is 0 Å². The summed E-state index contributed by atoms with van der Waals surface area (Å²) in [5.74, 6) is 1.26. The molecule has 1 aromatic heterocycles. The van der Waals surface area contributed by atoms with Crippen LogP contribution in [0.1, 0.15) is 16.1 Å². The molecule has 0 unspecified atom stereocenters. The second-order valence-electron chi connectivity index (χ2n) is 3.98. The summed E-state index contributed by atoms with van der Waals surface area (Å²) in [6.07, 6.45) is 0. The Morgan fingerprint density at radius 2 is 1.95 bits per heavy atom. The van der Waals surface area contributed by atoms with Crippen LogP contribution < -0.4 is 14.8 Å². The summed E-state index contributed by atoms with van der Waals surface area (Å²) >= 11 is 3.15. The number of ether oxygens (including phenoxy) is 2. The molecule has 0 aliphatic heterocycles. The number of halogens is 1. The predicted molar refractivity (Wildman–Crippen MR) is 77.1 cm³/mol. The van der Waals surface area contributed by atoms with Gasteiger partial charge in [-0.25, -0.2) is 0 Å². The minimum absolute atomic E-state index is 0.261. The van der Waals surface area contributed by atoms with Gasteiger partial charge >= 0.3 is 0 Å². The van der Waals surface area contributed by atoms with Crippen LogP contribution in [-0.2, 0) is 6.54 Å². The average Bonchev–Trinajstić information content (AvgIpc) is 2.91. The van der Waals surface area contributed by atoms with Gasteiger partial charge in [-0.1, -0.05) is 6.07 Å². The zero-order valence-corrected chi connectivity index (χ0v) is 12.7.